The highest BCUT2D eigenvalue weighted by molar-refractivity contribution is 5.98. The van der Waals surface area contributed by atoms with Crippen LogP contribution in [0.15, 0.2) is 47.1 Å². The lowest BCUT2D eigenvalue weighted by molar-refractivity contribution is 0.0755. The summed E-state index contributed by atoms with van der Waals surface area (Å²) in [6.45, 7) is 2.21. The van der Waals surface area contributed by atoms with E-state index in [1.165, 1.54) is 18.2 Å². The number of benzene rings is 1. The Morgan fingerprint density at radius 1 is 1.27 bits per heavy atom. The number of aromatic nitrogens is 1. The van der Waals surface area contributed by atoms with Crippen LogP contribution in [-0.4, -0.2) is 22.8 Å². The minimum Gasteiger partial charge on any atom is -0.451 e. The molecule has 0 saturated carbocycles. The van der Waals surface area contributed by atoms with Gasteiger partial charge in [0.2, 0.25) is 0 Å². The van der Waals surface area contributed by atoms with Crippen molar-refractivity contribution in [1.29, 1.82) is 0 Å². The summed E-state index contributed by atoms with van der Waals surface area (Å²) in [6.07, 6.45) is 3.37. The van der Waals surface area contributed by atoms with Crippen LogP contribution < -0.4 is 0 Å². The smallest absolute Gasteiger partial charge is 0.289 e. The van der Waals surface area contributed by atoms with Crippen LogP contribution in [0.4, 0.5) is 4.39 Å². The molecule has 0 unspecified atom stereocenters. The van der Waals surface area contributed by atoms with Crippen molar-refractivity contribution >= 4 is 16.9 Å². The van der Waals surface area contributed by atoms with Gasteiger partial charge in [-0.15, -0.1) is 0 Å². The number of furan rings is 1. The first-order chi connectivity index (χ1) is 10.6. The summed E-state index contributed by atoms with van der Waals surface area (Å²) in [4.78, 5) is 18.1. The Balaban J connectivity index is 1.90. The molecule has 1 amide bonds. The number of pyridine rings is 1. The van der Waals surface area contributed by atoms with Crippen molar-refractivity contribution in [1.82, 2.24) is 9.88 Å². The van der Waals surface area contributed by atoms with Crippen LogP contribution in [0.2, 0.25) is 0 Å². The Morgan fingerprint density at radius 3 is 2.73 bits per heavy atom. The fraction of sp³-hybridized carbons (Fsp3) is 0.176. The van der Waals surface area contributed by atoms with Crippen molar-refractivity contribution in [2.75, 3.05) is 7.05 Å². The number of fused-ring (bicyclic) bond motifs is 1. The standard InChI is InChI=1S/C17H15FN2O2/c1-11-14-9-13(18)3-4-15(14)22-16(11)17(21)20(2)10-12-5-7-19-8-6-12/h3-9H,10H2,1-2H3. The van der Waals surface area contributed by atoms with E-state index < -0.39 is 0 Å². The molecular formula is C17H15FN2O2. The molecule has 3 rings (SSSR count). The molecule has 112 valence electrons. The Hall–Kier alpha value is -2.69. The molecule has 2 aromatic heterocycles. The molecule has 0 spiro atoms. The monoisotopic (exact) mass is 298 g/mol. The van der Waals surface area contributed by atoms with Gasteiger partial charge in [-0.25, -0.2) is 4.39 Å². The molecular weight excluding hydrogens is 283 g/mol. The molecule has 2 heterocycles. The van der Waals surface area contributed by atoms with Crippen molar-refractivity contribution in [2.24, 2.45) is 0 Å². The fourth-order valence-electron chi connectivity index (χ4n) is 2.40. The zero-order valence-corrected chi connectivity index (χ0v) is 12.3. The number of hydrogen-bond donors (Lipinski definition) is 0. The fourth-order valence-corrected chi connectivity index (χ4v) is 2.40. The first-order valence-electron chi connectivity index (χ1n) is 6.89. The third-order valence-electron chi connectivity index (χ3n) is 3.61. The highest BCUT2D eigenvalue weighted by atomic mass is 19.1. The average Bonchev–Trinajstić information content (AvgIpc) is 2.84. The van der Waals surface area contributed by atoms with Crippen molar-refractivity contribution in [3.63, 3.8) is 0 Å². The summed E-state index contributed by atoms with van der Waals surface area (Å²) in [5.41, 5.74) is 2.14. The molecule has 0 bridgehead atoms. The van der Waals surface area contributed by atoms with Gasteiger partial charge in [0.25, 0.3) is 5.91 Å². The predicted molar refractivity (Wildman–Crippen MR) is 80.9 cm³/mol. The summed E-state index contributed by atoms with van der Waals surface area (Å²) < 4.78 is 18.9. The van der Waals surface area contributed by atoms with Gasteiger partial charge in [-0.3, -0.25) is 9.78 Å². The van der Waals surface area contributed by atoms with Crippen LogP contribution in [0.3, 0.4) is 0 Å². The van der Waals surface area contributed by atoms with Gasteiger partial charge in [0, 0.05) is 36.9 Å². The molecule has 0 aliphatic carbocycles. The number of aryl methyl sites for hydroxylation is 1. The lowest BCUT2D eigenvalue weighted by atomic mass is 10.1. The second kappa shape index (κ2) is 5.60. The molecule has 0 atom stereocenters. The van der Waals surface area contributed by atoms with Gasteiger partial charge in [0.15, 0.2) is 5.76 Å². The highest BCUT2D eigenvalue weighted by Gasteiger charge is 2.21. The minimum absolute atomic E-state index is 0.231. The Labute approximate surface area is 127 Å². The largest absolute Gasteiger partial charge is 0.451 e. The molecule has 4 nitrogen and oxygen atoms in total. The van der Waals surface area contributed by atoms with Gasteiger partial charge in [-0.1, -0.05) is 0 Å². The van der Waals surface area contributed by atoms with Crippen LogP contribution in [0.25, 0.3) is 11.0 Å². The SMILES string of the molecule is Cc1c(C(=O)N(C)Cc2ccncc2)oc2ccc(F)cc12. The number of hydrogen-bond acceptors (Lipinski definition) is 3. The van der Waals surface area contributed by atoms with E-state index in [1.54, 1.807) is 31.3 Å². The summed E-state index contributed by atoms with van der Waals surface area (Å²) >= 11 is 0. The first kappa shape index (κ1) is 14.3. The minimum atomic E-state index is -0.347. The van der Waals surface area contributed by atoms with Crippen LogP contribution in [-0.2, 0) is 6.54 Å². The third-order valence-corrected chi connectivity index (χ3v) is 3.61. The molecule has 22 heavy (non-hydrogen) atoms. The quantitative estimate of drug-likeness (QED) is 0.743. The maximum Gasteiger partial charge on any atom is 0.289 e. The van der Waals surface area contributed by atoms with E-state index in [0.717, 1.165) is 5.56 Å². The van der Waals surface area contributed by atoms with E-state index in [9.17, 15) is 9.18 Å². The molecule has 5 heteroatoms. The number of carbonyl (C=O) groups excluding carboxylic acids is 1. The molecule has 0 aliphatic rings. The van der Waals surface area contributed by atoms with E-state index in [1.807, 2.05) is 12.1 Å². The second-order valence-corrected chi connectivity index (χ2v) is 5.21. The van der Waals surface area contributed by atoms with E-state index in [-0.39, 0.29) is 17.5 Å². The second-order valence-electron chi connectivity index (χ2n) is 5.21. The van der Waals surface area contributed by atoms with Crippen molar-refractivity contribution in [3.05, 3.63) is 65.4 Å². The average molecular weight is 298 g/mol. The molecule has 0 saturated heterocycles. The number of carbonyl (C=O) groups is 1. The van der Waals surface area contributed by atoms with Gasteiger partial charge in [0.1, 0.15) is 11.4 Å². The van der Waals surface area contributed by atoms with E-state index in [0.29, 0.717) is 23.1 Å². The summed E-state index contributed by atoms with van der Waals surface area (Å²) in [6, 6.07) is 7.95. The van der Waals surface area contributed by atoms with Gasteiger partial charge in [-0.2, -0.15) is 0 Å². The van der Waals surface area contributed by atoms with E-state index in [2.05, 4.69) is 4.98 Å². The lowest BCUT2D eigenvalue weighted by Crippen LogP contribution is -2.26. The lowest BCUT2D eigenvalue weighted by Gasteiger charge is -2.16. The van der Waals surface area contributed by atoms with Gasteiger partial charge in [-0.05, 0) is 42.8 Å². The van der Waals surface area contributed by atoms with Crippen LogP contribution in [0.5, 0.6) is 0 Å². The van der Waals surface area contributed by atoms with Crippen LogP contribution in [0.1, 0.15) is 21.7 Å². The van der Waals surface area contributed by atoms with Crippen LogP contribution >= 0.6 is 0 Å². The number of halogens is 1. The Bertz CT molecular complexity index is 827. The maximum atomic E-state index is 13.3. The Kier molecular flexibility index (Phi) is 3.63. The van der Waals surface area contributed by atoms with Crippen LogP contribution in [0, 0.1) is 12.7 Å². The van der Waals surface area contributed by atoms with Crippen molar-refractivity contribution in [3.8, 4) is 0 Å². The zero-order valence-electron chi connectivity index (χ0n) is 12.3. The van der Waals surface area contributed by atoms with Gasteiger partial charge < -0.3 is 9.32 Å². The van der Waals surface area contributed by atoms with Crippen molar-refractivity contribution in [2.45, 2.75) is 13.5 Å². The molecule has 0 radical (unpaired) electrons. The first-order valence-corrected chi connectivity index (χ1v) is 6.89. The zero-order chi connectivity index (χ0) is 15.7. The molecule has 0 N–H and O–H groups in total. The summed E-state index contributed by atoms with van der Waals surface area (Å²) in [5.74, 6) is -0.330. The highest BCUT2D eigenvalue weighted by Crippen LogP contribution is 2.27. The summed E-state index contributed by atoms with van der Waals surface area (Å²) in [5, 5.41) is 0.626. The Morgan fingerprint density at radius 2 is 2.00 bits per heavy atom. The number of amides is 1. The molecule has 1 aromatic carbocycles. The van der Waals surface area contributed by atoms with Crippen molar-refractivity contribution < 1.29 is 13.6 Å². The number of nitrogens with zero attached hydrogens (tertiary/aromatic N) is 2. The predicted octanol–water partition coefficient (Wildman–Crippen LogP) is 3.55. The topological polar surface area (TPSA) is 46.3 Å². The molecule has 3 aromatic rings. The third kappa shape index (κ3) is 2.57. The summed E-state index contributed by atoms with van der Waals surface area (Å²) in [7, 11) is 1.70. The van der Waals surface area contributed by atoms with Gasteiger partial charge in [0.05, 0.1) is 0 Å². The number of rotatable bonds is 3. The maximum absolute atomic E-state index is 13.3. The van der Waals surface area contributed by atoms with E-state index >= 15 is 0 Å². The molecule has 0 fully saturated rings. The molecule has 0 aliphatic heterocycles. The van der Waals surface area contributed by atoms with E-state index in [4.69, 9.17) is 4.42 Å². The van der Waals surface area contributed by atoms with Gasteiger partial charge >= 0.3 is 0 Å². The normalized spacial score (nSPS) is 10.9.